The van der Waals surface area contributed by atoms with Crippen LogP contribution >= 0.6 is 23.2 Å². The smallest absolute Gasteiger partial charge is 0.321 e. The SMILES string of the molecule is O=C(NCC1CCN(C(=O)Nc2ccc(F)cc2)CC1)c1ccc(Cl)c(Cl)c1. The normalized spacial score (nSPS) is 14.6. The third kappa shape index (κ3) is 5.36. The van der Waals surface area contributed by atoms with E-state index in [1.807, 2.05) is 0 Å². The highest BCUT2D eigenvalue weighted by atomic mass is 35.5. The highest BCUT2D eigenvalue weighted by Crippen LogP contribution is 2.23. The lowest BCUT2D eigenvalue weighted by Crippen LogP contribution is -2.43. The molecule has 2 aromatic rings. The number of rotatable bonds is 4. The van der Waals surface area contributed by atoms with Gasteiger partial charge in [-0.3, -0.25) is 4.79 Å². The van der Waals surface area contributed by atoms with E-state index >= 15 is 0 Å². The lowest BCUT2D eigenvalue weighted by Gasteiger charge is -2.32. The number of benzene rings is 2. The summed E-state index contributed by atoms with van der Waals surface area (Å²) in [5.41, 5.74) is 1.02. The van der Waals surface area contributed by atoms with Gasteiger partial charge in [0.25, 0.3) is 5.91 Å². The van der Waals surface area contributed by atoms with Crippen LogP contribution in [-0.4, -0.2) is 36.5 Å². The molecule has 1 aliphatic rings. The van der Waals surface area contributed by atoms with Crippen LogP contribution in [0.15, 0.2) is 42.5 Å². The Kier molecular flexibility index (Phi) is 6.75. The number of carbonyl (C=O) groups is 2. The van der Waals surface area contributed by atoms with Crippen molar-refractivity contribution in [1.82, 2.24) is 10.2 Å². The topological polar surface area (TPSA) is 61.4 Å². The molecule has 5 nitrogen and oxygen atoms in total. The highest BCUT2D eigenvalue weighted by Gasteiger charge is 2.23. The summed E-state index contributed by atoms with van der Waals surface area (Å²) in [6, 6.07) is 10.2. The van der Waals surface area contributed by atoms with Crippen LogP contribution < -0.4 is 10.6 Å². The molecule has 0 bridgehead atoms. The van der Waals surface area contributed by atoms with Crippen molar-refractivity contribution in [2.75, 3.05) is 25.0 Å². The molecule has 0 unspecified atom stereocenters. The van der Waals surface area contributed by atoms with Crippen molar-refractivity contribution in [1.29, 1.82) is 0 Å². The van der Waals surface area contributed by atoms with Crippen LogP contribution in [0.4, 0.5) is 14.9 Å². The van der Waals surface area contributed by atoms with E-state index in [-0.39, 0.29) is 17.8 Å². The molecule has 8 heteroatoms. The molecule has 1 saturated heterocycles. The van der Waals surface area contributed by atoms with Crippen LogP contribution in [0, 0.1) is 11.7 Å². The largest absolute Gasteiger partial charge is 0.352 e. The van der Waals surface area contributed by atoms with Gasteiger partial charge in [-0.15, -0.1) is 0 Å². The van der Waals surface area contributed by atoms with Crippen molar-refractivity contribution in [3.63, 3.8) is 0 Å². The number of anilines is 1. The van der Waals surface area contributed by atoms with E-state index in [2.05, 4.69) is 10.6 Å². The van der Waals surface area contributed by atoms with Crippen LogP contribution in [0.2, 0.25) is 10.0 Å². The summed E-state index contributed by atoms with van der Waals surface area (Å²) in [6.45, 7) is 1.73. The molecular weight excluding hydrogens is 404 g/mol. The summed E-state index contributed by atoms with van der Waals surface area (Å²) < 4.78 is 12.9. The molecule has 3 amide bonds. The lowest BCUT2D eigenvalue weighted by molar-refractivity contribution is 0.0938. The number of nitrogens with zero attached hydrogens (tertiary/aromatic N) is 1. The number of nitrogens with one attached hydrogen (secondary N) is 2. The predicted molar refractivity (Wildman–Crippen MR) is 109 cm³/mol. The second-order valence-electron chi connectivity index (χ2n) is 6.71. The molecule has 28 heavy (non-hydrogen) atoms. The number of hydrogen-bond donors (Lipinski definition) is 2. The fourth-order valence-corrected chi connectivity index (χ4v) is 3.35. The van der Waals surface area contributed by atoms with Gasteiger partial charge in [0, 0.05) is 30.9 Å². The standard InChI is InChI=1S/C20H20Cl2FN3O2/c21-17-6-1-14(11-18(17)22)19(27)24-12-13-7-9-26(10-8-13)20(28)25-16-4-2-15(23)3-5-16/h1-6,11,13H,7-10,12H2,(H,24,27)(H,25,28). The molecule has 1 fully saturated rings. The highest BCUT2D eigenvalue weighted by molar-refractivity contribution is 6.42. The second kappa shape index (κ2) is 9.26. The van der Waals surface area contributed by atoms with Gasteiger partial charge in [-0.05, 0) is 61.2 Å². The minimum absolute atomic E-state index is 0.199. The van der Waals surface area contributed by atoms with Gasteiger partial charge >= 0.3 is 6.03 Å². The fraction of sp³-hybridized carbons (Fsp3) is 0.300. The zero-order valence-corrected chi connectivity index (χ0v) is 16.6. The molecular formula is C20H20Cl2FN3O2. The van der Waals surface area contributed by atoms with Crippen molar-refractivity contribution in [3.8, 4) is 0 Å². The number of hydrogen-bond acceptors (Lipinski definition) is 2. The molecule has 0 aromatic heterocycles. The van der Waals surface area contributed by atoms with E-state index in [1.54, 1.807) is 23.1 Å². The summed E-state index contributed by atoms with van der Waals surface area (Å²) in [7, 11) is 0. The number of amides is 3. The first-order chi connectivity index (χ1) is 13.4. The maximum atomic E-state index is 12.9. The van der Waals surface area contributed by atoms with Gasteiger partial charge in [0.1, 0.15) is 5.82 Å². The summed E-state index contributed by atoms with van der Waals surface area (Å²) in [5.74, 6) is -0.252. The van der Waals surface area contributed by atoms with Gasteiger partial charge in [-0.1, -0.05) is 23.2 Å². The van der Waals surface area contributed by atoms with Crippen LogP contribution in [0.5, 0.6) is 0 Å². The van der Waals surface area contributed by atoms with E-state index < -0.39 is 0 Å². The Balaban J connectivity index is 1.43. The summed E-state index contributed by atoms with van der Waals surface area (Å²) in [5, 5.41) is 6.42. The Bertz CT molecular complexity index is 853. The van der Waals surface area contributed by atoms with Gasteiger partial charge in [-0.2, -0.15) is 0 Å². The van der Waals surface area contributed by atoms with Crippen molar-refractivity contribution in [2.45, 2.75) is 12.8 Å². The Morgan fingerprint density at radius 3 is 2.36 bits per heavy atom. The number of halogens is 3. The third-order valence-electron chi connectivity index (χ3n) is 4.73. The second-order valence-corrected chi connectivity index (χ2v) is 7.52. The first kappa shape index (κ1) is 20.4. The quantitative estimate of drug-likeness (QED) is 0.741. The Hall–Kier alpha value is -2.31. The monoisotopic (exact) mass is 423 g/mol. The Morgan fingerprint density at radius 2 is 1.71 bits per heavy atom. The molecule has 2 aromatic carbocycles. The Labute approximate surface area is 172 Å². The minimum atomic E-state index is -0.346. The summed E-state index contributed by atoms with van der Waals surface area (Å²) >= 11 is 11.8. The average molecular weight is 424 g/mol. The summed E-state index contributed by atoms with van der Waals surface area (Å²) in [4.78, 5) is 26.3. The van der Waals surface area contributed by atoms with Crippen LogP contribution in [-0.2, 0) is 0 Å². The maximum Gasteiger partial charge on any atom is 0.321 e. The molecule has 148 valence electrons. The number of likely N-dealkylation sites (tertiary alicyclic amines) is 1. The third-order valence-corrected chi connectivity index (χ3v) is 5.47. The maximum absolute atomic E-state index is 12.9. The fourth-order valence-electron chi connectivity index (χ4n) is 3.05. The zero-order valence-electron chi connectivity index (χ0n) is 15.1. The van der Waals surface area contributed by atoms with Crippen molar-refractivity contribution >= 4 is 40.8 Å². The molecule has 0 radical (unpaired) electrons. The van der Waals surface area contributed by atoms with Crippen molar-refractivity contribution in [3.05, 3.63) is 63.9 Å². The number of carbonyl (C=O) groups excluding carboxylic acids is 2. The van der Waals surface area contributed by atoms with E-state index in [0.717, 1.165) is 12.8 Å². The number of urea groups is 1. The van der Waals surface area contributed by atoms with Crippen molar-refractivity contribution < 1.29 is 14.0 Å². The average Bonchev–Trinajstić information content (AvgIpc) is 2.70. The van der Waals surface area contributed by atoms with E-state index in [1.165, 1.54) is 24.3 Å². The molecule has 0 atom stereocenters. The van der Waals surface area contributed by atoms with Crippen LogP contribution in [0.25, 0.3) is 0 Å². The molecule has 2 N–H and O–H groups in total. The van der Waals surface area contributed by atoms with Crippen LogP contribution in [0.1, 0.15) is 23.2 Å². The molecule has 0 aliphatic carbocycles. The van der Waals surface area contributed by atoms with Crippen molar-refractivity contribution in [2.24, 2.45) is 5.92 Å². The molecule has 0 saturated carbocycles. The van der Waals surface area contributed by atoms with E-state index in [9.17, 15) is 14.0 Å². The minimum Gasteiger partial charge on any atom is -0.352 e. The van der Waals surface area contributed by atoms with Gasteiger partial charge in [-0.25, -0.2) is 9.18 Å². The van der Waals surface area contributed by atoms with Gasteiger partial charge in [0.15, 0.2) is 0 Å². The molecule has 1 heterocycles. The number of piperidine rings is 1. The first-order valence-corrected chi connectivity index (χ1v) is 9.72. The zero-order chi connectivity index (χ0) is 20.1. The first-order valence-electron chi connectivity index (χ1n) is 8.97. The van der Waals surface area contributed by atoms with Gasteiger partial charge in [0.05, 0.1) is 10.0 Å². The molecule has 1 aliphatic heterocycles. The van der Waals surface area contributed by atoms with Gasteiger partial charge < -0.3 is 15.5 Å². The van der Waals surface area contributed by atoms with E-state index in [0.29, 0.717) is 46.8 Å². The molecule has 3 rings (SSSR count). The molecule has 0 spiro atoms. The Morgan fingerprint density at radius 1 is 1.04 bits per heavy atom. The van der Waals surface area contributed by atoms with E-state index in [4.69, 9.17) is 23.2 Å². The predicted octanol–water partition coefficient (Wildman–Crippen LogP) is 4.81. The lowest BCUT2D eigenvalue weighted by atomic mass is 9.97. The summed E-state index contributed by atoms with van der Waals surface area (Å²) in [6.07, 6.45) is 1.58. The van der Waals surface area contributed by atoms with Gasteiger partial charge in [0.2, 0.25) is 0 Å². The van der Waals surface area contributed by atoms with Crippen LogP contribution in [0.3, 0.4) is 0 Å².